The summed E-state index contributed by atoms with van der Waals surface area (Å²) in [6, 6.07) is 7.70. The molecule has 2 heterocycles. The second kappa shape index (κ2) is 6.91. The van der Waals surface area contributed by atoms with Crippen LogP contribution in [-0.2, 0) is 4.79 Å². The van der Waals surface area contributed by atoms with Crippen LogP contribution in [-0.4, -0.2) is 36.6 Å². The molecule has 0 aliphatic heterocycles. The monoisotopic (exact) mass is 372 g/mol. The van der Waals surface area contributed by atoms with Crippen LogP contribution in [0.1, 0.15) is 30.3 Å². The zero-order chi connectivity index (χ0) is 18.1. The topological polar surface area (TPSA) is 88.5 Å². The number of H-pyrrole nitrogens is 1. The van der Waals surface area contributed by atoms with Gasteiger partial charge in [0.2, 0.25) is 11.1 Å². The van der Waals surface area contributed by atoms with E-state index in [1.807, 2.05) is 6.92 Å². The number of anilines is 1. The van der Waals surface area contributed by atoms with Gasteiger partial charge in [-0.3, -0.25) is 9.89 Å². The van der Waals surface area contributed by atoms with E-state index in [1.165, 1.54) is 23.9 Å². The summed E-state index contributed by atoms with van der Waals surface area (Å²) in [6.45, 7) is 1.83. The van der Waals surface area contributed by atoms with E-state index in [0.29, 0.717) is 22.6 Å². The van der Waals surface area contributed by atoms with Gasteiger partial charge in [-0.25, -0.2) is 14.1 Å². The van der Waals surface area contributed by atoms with E-state index in [9.17, 15) is 9.18 Å². The number of nitrogens with zero attached hydrogens (tertiary/aromatic N) is 4. The van der Waals surface area contributed by atoms with Crippen molar-refractivity contribution in [1.29, 1.82) is 0 Å². The zero-order valence-electron chi connectivity index (χ0n) is 14.1. The van der Waals surface area contributed by atoms with Gasteiger partial charge in [0.25, 0.3) is 0 Å². The lowest BCUT2D eigenvalue weighted by atomic mass is 10.3. The molecular weight excluding hydrogens is 355 g/mol. The van der Waals surface area contributed by atoms with Crippen molar-refractivity contribution in [2.45, 2.75) is 30.8 Å². The first-order chi connectivity index (χ1) is 12.6. The first-order valence-corrected chi connectivity index (χ1v) is 9.24. The third-order valence-corrected chi connectivity index (χ3v) is 4.80. The highest BCUT2D eigenvalue weighted by Gasteiger charge is 2.27. The van der Waals surface area contributed by atoms with Crippen LogP contribution in [0.5, 0.6) is 0 Å². The van der Waals surface area contributed by atoms with Crippen LogP contribution in [0, 0.1) is 12.7 Å². The number of aromatic amines is 1. The van der Waals surface area contributed by atoms with Crippen molar-refractivity contribution < 1.29 is 9.18 Å². The maximum absolute atomic E-state index is 13.1. The molecule has 0 radical (unpaired) electrons. The maximum Gasteiger partial charge on any atom is 0.236 e. The van der Waals surface area contributed by atoms with E-state index in [2.05, 4.69) is 25.6 Å². The first kappa shape index (κ1) is 16.8. The molecule has 7 nitrogen and oxygen atoms in total. The summed E-state index contributed by atoms with van der Waals surface area (Å²) in [5, 5.41) is 14.8. The Hall–Kier alpha value is -2.68. The summed E-state index contributed by atoms with van der Waals surface area (Å²) < 4.78 is 14.7. The minimum atomic E-state index is -0.323. The molecule has 0 bridgehead atoms. The van der Waals surface area contributed by atoms with Crippen LogP contribution < -0.4 is 5.32 Å². The lowest BCUT2D eigenvalue weighted by Crippen LogP contribution is -2.17. The number of aryl methyl sites for hydroxylation is 1. The van der Waals surface area contributed by atoms with Gasteiger partial charge in [0, 0.05) is 12.0 Å². The van der Waals surface area contributed by atoms with E-state index < -0.39 is 0 Å². The standard InChI is InChI=1S/C17H17FN6OS/c1-10-8-14(24(23-10)13-6-4-12(18)5-7-13)19-15(25)9-26-17-20-16(21-22-17)11-2-3-11/h4-8,11H,2-3,9H2,1H3,(H,19,25)(H,20,21,22). The second-order valence-corrected chi connectivity index (χ2v) is 7.12. The fraction of sp³-hybridized carbons (Fsp3) is 0.294. The van der Waals surface area contributed by atoms with Gasteiger partial charge in [-0.1, -0.05) is 11.8 Å². The average Bonchev–Trinajstić information content (AvgIpc) is 3.25. The van der Waals surface area contributed by atoms with E-state index in [0.717, 1.165) is 24.4 Å². The van der Waals surface area contributed by atoms with Crippen molar-refractivity contribution in [2.24, 2.45) is 0 Å². The molecule has 134 valence electrons. The Bertz CT molecular complexity index is 931. The van der Waals surface area contributed by atoms with Gasteiger partial charge in [-0.15, -0.1) is 5.10 Å². The molecule has 1 aliphatic rings. The molecule has 2 N–H and O–H groups in total. The highest BCUT2D eigenvalue weighted by atomic mass is 32.2. The van der Waals surface area contributed by atoms with Gasteiger partial charge in [0.05, 0.1) is 17.1 Å². The number of hydrogen-bond acceptors (Lipinski definition) is 5. The van der Waals surface area contributed by atoms with Gasteiger partial charge in [0.1, 0.15) is 17.5 Å². The van der Waals surface area contributed by atoms with Crippen molar-refractivity contribution in [3.63, 3.8) is 0 Å². The molecular formula is C17H17FN6OS. The molecule has 2 aromatic heterocycles. The Morgan fingerprint density at radius 1 is 1.38 bits per heavy atom. The number of carbonyl (C=O) groups excluding carboxylic acids is 1. The Kier molecular flexibility index (Phi) is 4.46. The molecule has 0 spiro atoms. The lowest BCUT2D eigenvalue weighted by Gasteiger charge is -2.08. The Morgan fingerprint density at radius 2 is 2.15 bits per heavy atom. The molecule has 1 amide bonds. The normalized spacial score (nSPS) is 13.8. The molecule has 0 unspecified atom stereocenters. The minimum Gasteiger partial charge on any atom is -0.310 e. The number of nitrogens with one attached hydrogen (secondary N) is 2. The number of rotatable bonds is 6. The van der Waals surface area contributed by atoms with Crippen molar-refractivity contribution in [2.75, 3.05) is 11.1 Å². The number of amides is 1. The number of benzene rings is 1. The fourth-order valence-corrected chi connectivity index (χ4v) is 3.14. The molecule has 26 heavy (non-hydrogen) atoms. The van der Waals surface area contributed by atoms with Crippen molar-refractivity contribution >= 4 is 23.5 Å². The zero-order valence-corrected chi connectivity index (χ0v) is 14.9. The van der Waals surface area contributed by atoms with Crippen LogP contribution in [0.3, 0.4) is 0 Å². The molecule has 1 aromatic carbocycles. The lowest BCUT2D eigenvalue weighted by molar-refractivity contribution is -0.113. The molecule has 0 atom stereocenters. The van der Waals surface area contributed by atoms with E-state index in [1.54, 1.807) is 22.9 Å². The van der Waals surface area contributed by atoms with Crippen LogP contribution in [0.4, 0.5) is 10.2 Å². The van der Waals surface area contributed by atoms with Crippen molar-refractivity contribution in [3.05, 3.63) is 47.7 Å². The SMILES string of the molecule is Cc1cc(NC(=O)CSc2n[nH]c(C3CC3)n2)n(-c2ccc(F)cc2)n1. The fourth-order valence-electron chi connectivity index (χ4n) is 2.54. The van der Waals surface area contributed by atoms with E-state index in [4.69, 9.17) is 0 Å². The number of halogens is 1. The Labute approximate surface area is 153 Å². The quantitative estimate of drug-likeness (QED) is 0.649. The van der Waals surface area contributed by atoms with Crippen molar-refractivity contribution in [3.8, 4) is 5.69 Å². The molecule has 4 rings (SSSR count). The van der Waals surface area contributed by atoms with Crippen molar-refractivity contribution in [1.82, 2.24) is 25.0 Å². The molecule has 1 fully saturated rings. The second-order valence-electron chi connectivity index (χ2n) is 6.17. The molecule has 3 aromatic rings. The van der Waals surface area contributed by atoms with Gasteiger partial charge >= 0.3 is 0 Å². The third-order valence-electron chi connectivity index (χ3n) is 3.95. The predicted molar refractivity (Wildman–Crippen MR) is 96.0 cm³/mol. The van der Waals surface area contributed by atoms with Gasteiger partial charge < -0.3 is 5.32 Å². The van der Waals surface area contributed by atoms with Crippen LogP contribution in [0.2, 0.25) is 0 Å². The van der Waals surface area contributed by atoms with Gasteiger partial charge in [-0.05, 0) is 44.0 Å². The summed E-state index contributed by atoms with van der Waals surface area (Å²) in [4.78, 5) is 16.7. The van der Waals surface area contributed by atoms with E-state index in [-0.39, 0.29) is 17.5 Å². The summed E-state index contributed by atoms with van der Waals surface area (Å²) in [5.74, 6) is 1.62. The first-order valence-electron chi connectivity index (χ1n) is 8.26. The maximum atomic E-state index is 13.1. The molecule has 1 saturated carbocycles. The van der Waals surface area contributed by atoms with Crippen LogP contribution in [0.15, 0.2) is 35.5 Å². The number of hydrogen-bond donors (Lipinski definition) is 2. The number of aromatic nitrogens is 5. The highest BCUT2D eigenvalue weighted by Crippen LogP contribution is 2.38. The van der Waals surface area contributed by atoms with Crippen LogP contribution in [0.25, 0.3) is 5.69 Å². The summed E-state index contributed by atoms with van der Waals surface area (Å²) in [7, 11) is 0. The summed E-state index contributed by atoms with van der Waals surface area (Å²) in [6.07, 6.45) is 2.29. The highest BCUT2D eigenvalue weighted by molar-refractivity contribution is 7.99. The molecule has 0 saturated heterocycles. The summed E-state index contributed by atoms with van der Waals surface area (Å²) >= 11 is 1.28. The van der Waals surface area contributed by atoms with Crippen LogP contribution >= 0.6 is 11.8 Å². The number of carbonyl (C=O) groups is 1. The Morgan fingerprint density at radius 3 is 2.88 bits per heavy atom. The molecule has 9 heteroatoms. The third kappa shape index (κ3) is 3.77. The number of thioether (sulfide) groups is 1. The van der Waals surface area contributed by atoms with Gasteiger partial charge in [0.15, 0.2) is 0 Å². The van der Waals surface area contributed by atoms with E-state index >= 15 is 0 Å². The largest absolute Gasteiger partial charge is 0.310 e. The predicted octanol–water partition coefficient (Wildman–Crippen LogP) is 3.05. The molecule has 1 aliphatic carbocycles. The van der Waals surface area contributed by atoms with Gasteiger partial charge in [-0.2, -0.15) is 5.10 Å². The minimum absolute atomic E-state index is 0.184. The average molecular weight is 372 g/mol. The Balaban J connectivity index is 1.41. The smallest absolute Gasteiger partial charge is 0.236 e. The summed E-state index contributed by atoms with van der Waals surface area (Å²) in [5.41, 5.74) is 1.42.